The topological polar surface area (TPSA) is 76.3 Å². The van der Waals surface area contributed by atoms with Crippen molar-refractivity contribution in [3.05, 3.63) is 45.8 Å². The monoisotopic (exact) mass is 347 g/mol. The van der Waals surface area contributed by atoms with Gasteiger partial charge >= 0.3 is 0 Å². The van der Waals surface area contributed by atoms with E-state index in [2.05, 4.69) is 4.98 Å². The minimum atomic E-state index is -0.422. The van der Waals surface area contributed by atoms with Crippen molar-refractivity contribution in [2.45, 2.75) is 23.9 Å². The molecule has 0 saturated carbocycles. The Morgan fingerprint density at radius 3 is 2.91 bits per heavy atom. The summed E-state index contributed by atoms with van der Waals surface area (Å²) < 4.78 is 0. The Hall–Kier alpha value is -1.86. The molecule has 120 valence electrons. The van der Waals surface area contributed by atoms with Crippen molar-refractivity contribution in [3.63, 3.8) is 0 Å². The van der Waals surface area contributed by atoms with Gasteiger partial charge < -0.3 is 10.6 Å². The number of hydrogen-bond donors (Lipinski definition) is 1. The molecule has 1 aliphatic heterocycles. The molecule has 3 rings (SSSR count). The van der Waals surface area contributed by atoms with E-state index in [-0.39, 0.29) is 11.9 Å². The van der Waals surface area contributed by atoms with E-state index in [0.29, 0.717) is 10.4 Å². The first-order valence-corrected chi connectivity index (χ1v) is 9.35. The molecule has 0 bridgehead atoms. The fourth-order valence-electron chi connectivity index (χ4n) is 2.84. The number of likely N-dealkylation sites (tertiary alicyclic amines) is 1. The van der Waals surface area contributed by atoms with Crippen LogP contribution >= 0.6 is 23.1 Å². The highest BCUT2D eigenvalue weighted by Gasteiger charge is 2.32. The van der Waals surface area contributed by atoms with Gasteiger partial charge in [0.05, 0.1) is 16.5 Å². The third-order valence-electron chi connectivity index (χ3n) is 3.91. The van der Waals surface area contributed by atoms with E-state index in [1.54, 1.807) is 18.3 Å². The molecule has 0 aromatic carbocycles. The summed E-state index contributed by atoms with van der Waals surface area (Å²) in [6, 6.07) is 7.25. The fraction of sp³-hybridized carbons (Fsp3) is 0.312. The van der Waals surface area contributed by atoms with Crippen LogP contribution in [-0.2, 0) is 0 Å². The molecule has 1 atom stereocenters. The third-order valence-corrected chi connectivity index (χ3v) is 5.82. The van der Waals surface area contributed by atoms with E-state index in [9.17, 15) is 9.59 Å². The second-order valence-corrected chi connectivity index (χ2v) is 7.19. The molecule has 3 heterocycles. The van der Waals surface area contributed by atoms with Crippen molar-refractivity contribution in [3.8, 4) is 0 Å². The van der Waals surface area contributed by atoms with Gasteiger partial charge in [-0.25, -0.2) is 4.98 Å². The van der Waals surface area contributed by atoms with Crippen LogP contribution in [0.1, 0.15) is 43.8 Å². The molecule has 5 nitrogen and oxygen atoms in total. The zero-order valence-corrected chi connectivity index (χ0v) is 14.3. The number of aromatic nitrogens is 1. The van der Waals surface area contributed by atoms with Crippen molar-refractivity contribution in [1.29, 1.82) is 0 Å². The van der Waals surface area contributed by atoms with Crippen LogP contribution in [0.2, 0.25) is 0 Å². The Morgan fingerprint density at radius 2 is 2.22 bits per heavy atom. The molecule has 7 heteroatoms. The van der Waals surface area contributed by atoms with E-state index in [4.69, 9.17) is 5.73 Å². The van der Waals surface area contributed by atoms with Crippen molar-refractivity contribution in [2.75, 3.05) is 12.8 Å². The second kappa shape index (κ2) is 6.72. The summed E-state index contributed by atoms with van der Waals surface area (Å²) in [7, 11) is 0. The quantitative estimate of drug-likeness (QED) is 0.863. The zero-order chi connectivity index (χ0) is 16.4. The summed E-state index contributed by atoms with van der Waals surface area (Å²) in [5.74, 6) is -0.423. The van der Waals surface area contributed by atoms with Crippen molar-refractivity contribution in [2.24, 2.45) is 5.73 Å². The largest absolute Gasteiger partial charge is 0.365 e. The molecule has 2 aromatic heterocycles. The predicted molar refractivity (Wildman–Crippen MR) is 91.9 cm³/mol. The van der Waals surface area contributed by atoms with Crippen LogP contribution in [0.3, 0.4) is 0 Å². The average Bonchev–Trinajstić information content (AvgIpc) is 3.22. The van der Waals surface area contributed by atoms with E-state index in [0.717, 1.165) is 29.3 Å². The smallest absolute Gasteiger partial charge is 0.258 e. The van der Waals surface area contributed by atoms with Gasteiger partial charge in [0.1, 0.15) is 5.03 Å². The van der Waals surface area contributed by atoms with Crippen LogP contribution < -0.4 is 5.73 Å². The number of carbonyl (C=O) groups excluding carboxylic acids is 2. The standard InChI is InChI=1S/C16H17N3O2S2/c1-22-15-10(4-2-8-18-15)16(21)19-9-3-5-11(19)12-6-7-13(23-12)14(17)20/h2,4,6-8,11H,3,5,9H2,1H3,(H2,17,20)/t11-/m0/s1. The summed E-state index contributed by atoms with van der Waals surface area (Å²) >= 11 is 2.85. The van der Waals surface area contributed by atoms with Crippen LogP contribution in [0, 0.1) is 0 Å². The van der Waals surface area contributed by atoms with Gasteiger partial charge in [-0.1, -0.05) is 0 Å². The van der Waals surface area contributed by atoms with E-state index in [1.807, 2.05) is 23.3 Å². The Labute approximate surface area is 142 Å². The predicted octanol–water partition coefficient (Wildman–Crippen LogP) is 2.94. The van der Waals surface area contributed by atoms with Crippen LogP contribution in [0.5, 0.6) is 0 Å². The number of rotatable bonds is 4. The lowest BCUT2D eigenvalue weighted by molar-refractivity contribution is 0.0733. The summed E-state index contributed by atoms with van der Waals surface area (Å²) in [6.07, 6.45) is 5.47. The van der Waals surface area contributed by atoms with E-state index >= 15 is 0 Å². The summed E-state index contributed by atoms with van der Waals surface area (Å²) in [5, 5.41) is 0.743. The van der Waals surface area contributed by atoms with Gasteiger partial charge in [0.25, 0.3) is 11.8 Å². The zero-order valence-electron chi connectivity index (χ0n) is 12.7. The number of primary amides is 1. The summed E-state index contributed by atoms with van der Waals surface area (Å²) in [4.78, 5) is 31.9. The maximum absolute atomic E-state index is 12.9. The van der Waals surface area contributed by atoms with Crippen LogP contribution in [0.15, 0.2) is 35.5 Å². The third kappa shape index (κ3) is 3.11. The lowest BCUT2D eigenvalue weighted by Gasteiger charge is -2.24. The first kappa shape index (κ1) is 16.0. The van der Waals surface area contributed by atoms with Gasteiger partial charge in [0.2, 0.25) is 0 Å². The molecule has 2 N–H and O–H groups in total. The Morgan fingerprint density at radius 1 is 1.39 bits per heavy atom. The number of hydrogen-bond acceptors (Lipinski definition) is 5. The minimum absolute atomic E-state index is 0.000949. The number of carbonyl (C=O) groups is 2. The number of nitrogens with two attached hydrogens (primary N) is 1. The average molecular weight is 347 g/mol. The molecule has 1 aliphatic rings. The molecular weight excluding hydrogens is 330 g/mol. The van der Waals surface area contributed by atoms with Gasteiger partial charge in [-0.15, -0.1) is 23.1 Å². The highest BCUT2D eigenvalue weighted by atomic mass is 32.2. The first-order valence-electron chi connectivity index (χ1n) is 7.31. The number of nitrogens with zero attached hydrogens (tertiary/aromatic N) is 2. The summed E-state index contributed by atoms with van der Waals surface area (Å²) in [6.45, 7) is 0.718. The van der Waals surface area contributed by atoms with Crippen molar-refractivity contribution in [1.82, 2.24) is 9.88 Å². The number of thioether (sulfide) groups is 1. The molecule has 2 amide bonds. The molecule has 23 heavy (non-hydrogen) atoms. The number of thiophene rings is 1. The number of pyridine rings is 1. The SMILES string of the molecule is CSc1ncccc1C(=O)N1CCC[C@H]1c1ccc(C(N)=O)s1. The van der Waals surface area contributed by atoms with Gasteiger partial charge in [-0.3, -0.25) is 9.59 Å². The molecule has 1 fully saturated rings. The second-order valence-electron chi connectivity index (χ2n) is 5.28. The van der Waals surface area contributed by atoms with Gasteiger partial charge in [0.15, 0.2) is 0 Å². The van der Waals surface area contributed by atoms with Crippen LogP contribution in [0.4, 0.5) is 0 Å². The maximum atomic E-state index is 12.9. The molecule has 0 aliphatic carbocycles. The van der Waals surface area contributed by atoms with Crippen molar-refractivity contribution < 1.29 is 9.59 Å². The molecule has 2 aromatic rings. The Kier molecular flexibility index (Phi) is 4.68. The van der Waals surface area contributed by atoms with Crippen molar-refractivity contribution >= 4 is 34.9 Å². The molecule has 0 unspecified atom stereocenters. The number of amides is 2. The lowest BCUT2D eigenvalue weighted by Crippen LogP contribution is -2.30. The maximum Gasteiger partial charge on any atom is 0.258 e. The van der Waals surface area contributed by atoms with Gasteiger partial charge in [0, 0.05) is 17.6 Å². The van der Waals surface area contributed by atoms with E-state index in [1.165, 1.54) is 23.1 Å². The Bertz CT molecular complexity index is 744. The van der Waals surface area contributed by atoms with Gasteiger partial charge in [-0.2, -0.15) is 0 Å². The van der Waals surface area contributed by atoms with Gasteiger partial charge in [-0.05, 0) is 43.4 Å². The Balaban J connectivity index is 1.88. The van der Waals surface area contributed by atoms with Crippen LogP contribution in [0.25, 0.3) is 0 Å². The highest BCUT2D eigenvalue weighted by molar-refractivity contribution is 7.98. The van der Waals surface area contributed by atoms with Crippen LogP contribution in [-0.4, -0.2) is 34.5 Å². The lowest BCUT2D eigenvalue weighted by atomic mass is 10.1. The highest BCUT2D eigenvalue weighted by Crippen LogP contribution is 2.37. The summed E-state index contributed by atoms with van der Waals surface area (Å²) in [5.41, 5.74) is 5.97. The van der Waals surface area contributed by atoms with E-state index < -0.39 is 5.91 Å². The first-order chi connectivity index (χ1) is 11.1. The fourth-order valence-corrected chi connectivity index (χ4v) is 4.39. The minimum Gasteiger partial charge on any atom is -0.365 e. The normalized spacial score (nSPS) is 17.4. The molecular formula is C16H17N3O2S2. The molecule has 0 radical (unpaired) electrons. The molecule has 1 saturated heterocycles. The molecule has 0 spiro atoms.